The van der Waals surface area contributed by atoms with Gasteiger partial charge in [-0.05, 0) is 25.1 Å². The average Bonchev–Trinajstić information content (AvgIpc) is 3.00. The van der Waals surface area contributed by atoms with Crippen LogP contribution in [0.25, 0.3) is 0 Å². The molecule has 2 aromatic rings. The van der Waals surface area contributed by atoms with Gasteiger partial charge < -0.3 is 15.7 Å². The lowest BCUT2D eigenvalue weighted by atomic mass is 10.1. The monoisotopic (exact) mass is 361 g/mol. The minimum absolute atomic E-state index is 0.0925. The largest absolute Gasteiger partial charge is 0.480 e. The molecule has 0 radical (unpaired) electrons. The van der Waals surface area contributed by atoms with E-state index < -0.39 is 5.97 Å². The van der Waals surface area contributed by atoms with E-state index in [1.807, 2.05) is 6.92 Å². The van der Waals surface area contributed by atoms with Crippen LogP contribution in [-0.4, -0.2) is 43.1 Å². The fourth-order valence-corrected chi connectivity index (χ4v) is 3.19. The van der Waals surface area contributed by atoms with Crippen LogP contribution in [0, 0.1) is 0 Å². The molecule has 3 rings (SSSR count). The summed E-state index contributed by atoms with van der Waals surface area (Å²) in [6.45, 7) is 1.65. The number of fused-ring (bicyclic) bond motifs is 1. The van der Waals surface area contributed by atoms with Crippen LogP contribution < -0.4 is 10.6 Å². The van der Waals surface area contributed by atoms with E-state index in [1.165, 1.54) is 22.6 Å². The van der Waals surface area contributed by atoms with Gasteiger partial charge in [-0.25, -0.2) is 4.68 Å². The molecule has 10 heteroatoms. The van der Waals surface area contributed by atoms with Crippen molar-refractivity contribution in [2.24, 2.45) is 0 Å². The van der Waals surface area contributed by atoms with Gasteiger partial charge >= 0.3 is 5.97 Å². The first-order valence-corrected chi connectivity index (χ1v) is 8.31. The number of nitrogens with one attached hydrogen (secondary N) is 2. The molecule has 9 nitrogen and oxygen atoms in total. The lowest BCUT2D eigenvalue weighted by molar-refractivity contribution is -0.137. The van der Waals surface area contributed by atoms with E-state index in [2.05, 4.69) is 20.9 Å². The van der Waals surface area contributed by atoms with Crippen LogP contribution in [0.15, 0.2) is 29.3 Å². The van der Waals surface area contributed by atoms with Crippen molar-refractivity contribution in [3.05, 3.63) is 35.7 Å². The minimum atomic E-state index is -1.02. The Labute approximate surface area is 146 Å². The summed E-state index contributed by atoms with van der Waals surface area (Å²) < 4.78 is 1.18. The van der Waals surface area contributed by atoms with E-state index in [9.17, 15) is 14.4 Å². The highest BCUT2D eigenvalue weighted by Crippen LogP contribution is 2.35. The van der Waals surface area contributed by atoms with Gasteiger partial charge in [0.1, 0.15) is 12.2 Å². The summed E-state index contributed by atoms with van der Waals surface area (Å²) in [5.74, 6) is -1.44. The molecule has 0 saturated heterocycles. The maximum Gasteiger partial charge on any atom is 0.325 e. The number of anilines is 1. The molecule has 130 valence electrons. The summed E-state index contributed by atoms with van der Waals surface area (Å²) in [5, 5.41) is 21.4. The van der Waals surface area contributed by atoms with E-state index in [4.69, 9.17) is 5.11 Å². The van der Waals surface area contributed by atoms with Gasteiger partial charge in [0.15, 0.2) is 0 Å². The summed E-state index contributed by atoms with van der Waals surface area (Å²) in [4.78, 5) is 35.5. The second kappa shape index (κ2) is 6.93. The van der Waals surface area contributed by atoms with Gasteiger partial charge in [0, 0.05) is 10.5 Å². The quantitative estimate of drug-likeness (QED) is 0.716. The minimum Gasteiger partial charge on any atom is -0.480 e. The number of carbonyl (C=O) groups is 3. The smallest absolute Gasteiger partial charge is 0.325 e. The van der Waals surface area contributed by atoms with Crippen molar-refractivity contribution in [3.63, 3.8) is 0 Å². The zero-order valence-corrected chi connectivity index (χ0v) is 14.0. The van der Waals surface area contributed by atoms with Crippen molar-refractivity contribution in [1.82, 2.24) is 20.3 Å². The number of thioether (sulfide) groups is 1. The molecule has 0 fully saturated rings. The number of benzene rings is 1. The molecule has 1 aliphatic rings. The van der Waals surface area contributed by atoms with Gasteiger partial charge in [0.05, 0.1) is 23.7 Å². The number of carboxylic acid groups (broad SMARTS) is 1. The number of hydrogen-bond acceptors (Lipinski definition) is 6. The molecule has 1 unspecified atom stereocenters. The second-order valence-electron chi connectivity index (χ2n) is 5.44. The van der Waals surface area contributed by atoms with E-state index >= 15 is 0 Å². The van der Waals surface area contributed by atoms with Gasteiger partial charge in [0.25, 0.3) is 5.91 Å². The first-order chi connectivity index (χ1) is 11.9. The van der Waals surface area contributed by atoms with E-state index in [1.54, 1.807) is 18.2 Å². The molecule has 1 aromatic heterocycles. The third-order valence-corrected chi connectivity index (χ3v) is 4.66. The Morgan fingerprint density at radius 2 is 2.24 bits per heavy atom. The van der Waals surface area contributed by atoms with Crippen molar-refractivity contribution in [3.8, 4) is 0 Å². The number of carbonyl (C=O) groups excluding carboxylic acids is 2. The molecule has 1 aliphatic heterocycles. The van der Waals surface area contributed by atoms with E-state index in [-0.39, 0.29) is 30.2 Å². The molecule has 25 heavy (non-hydrogen) atoms. The van der Waals surface area contributed by atoms with Crippen molar-refractivity contribution < 1.29 is 19.5 Å². The van der Waals surface area contributed by atoms with Gasteiger partial charge in [-0.3, -0.25) is 14.4 Å². The van der Waals surface area contributed by atoms with Gasteiger partial charge in [0.2, 0.25) is 5.91 Å². The van der Waals surface area contributed by atoms with Crippen LogP contribution in [-0.2, 0) is 22.7 Å². The number of hydrogen-bond donors (Lipinski definition) is 3. The maximum atomic E-state index is 12.3. The number of rotatable bonds is 5. The molecule has 2 heterocycles. The van der Waals surface area contributed by atoms with Crippen LogP contribution in [0.1, 0.15) is 23.0 Å². The molecule has 0 spiro atoms. The third-order valence-electron chi connectivity index (χ3n) is 3.49. The van der Waals surface area contributed by atoms with Gasteiger partial charge in [-0.2, -0.15) is 0 Å². The van der Waals surface area contributed by atoms with E-state index in [0.717, 1.165) is 4.90 Å². The van der Waals surface area contributed by atoms with Crippen LogP contribution in [0.3, 0.4) is 0 Å². The summed E-state index contributed by atoms with van der Waals surface area (Å²) in [6, 6.07) is 5.11. The molecular formula is C15H15N5O4S. The van der Waals surface area contributed by atoms with Crippen LogP contribution in [0.5, 0.6) is 0 Å². The highest BCUT2D eigenvalue weighted by atomic mass is 32.2. The van der Waals surface area contributed by atoms with Crippen molar-refractivity contribution >= 4 is 35.2 Å². The lowest BCUT2D eigenvalue weighted by Gasteiger charge is -2.21. The fraction of sp³-hybridized carbons (Fsp3) is 0.267. The zero-order chi connectivity index (χ0) is 18.0. The van der Waals surface area contributed by atoms with Crippen LogP contribution in [0.2, 0.25) is 0 Å². The normalized spacial score (nSPS) is 16.0. The standard InChI is InChI=1S/C15H15N5O4S/c1-8-14(23)17-11-4-9(2-3-12(11)25-8)15(24)16-5-10-6-20(19-18-10)7-13(21)22/h2-4,6,8H,5,7H2,1H3,(H,16,24)(H,17,23)(H,21,22). The maximum absolute atomic E-state index is 12.3. The average molecular weight is 361 g/mol. The Bertz CT molecular complexity index is 850. The van der Waals surface area contributed by atoms with Crippen LogP contribution >= 0.6 is 11.8 Å². The molecule has 0 aliphatic carbocycles. The zero-order valence-electron chi connectivity index (χ0n) is 13.2. The Hall–Kier alpha value is -2.88. The predicted molar refractivity (Wildman–Crippen MR) is 89.2 cm³/mol. The van der Waals surface area contributed by atoms with Gasteiger partial charge in [-0.1, -0.05) is 5.21 Å². The molecular weight excluding hydrogens is 346 g/mol. The molecule has 1 atom stereocenters. The molecule has 1 aromatic carbocycles. The fourth-order valence-electron chi connectivity index (χ4n) is 2.26. The Kier molecular flexibility index (Phi) is 4.70. The third kappa shape index (κ3) is 3.97. The second-order valence-corrected chi connectivity index (χ2v) is 6.83. The number of aliphatic carboxylic acids is 1. The SMILES string of the molecule is CC1Sc2ccc(C(=O)NCc3cn(CC(=O)O)nn3)cc2NC1=O. The van der Waals surface area contributed by atoms with E-state index in [0.29, 0.717) is 16.9 Å². The van der Waals surface area contributed by atoms with Gasteiger partial charge in [-0.15, -0.1) is 16.9 Å². The highest BCUT2D eigenvalue weighted by Gasteiger charge is 2.23. The van der Waals surface area contributed by atoms with Crippen LogP contribution in [0.4, 0.5) is 5.69 Å². The first-order valence-electron chi connectivity index (χ1n) is 7.43. The Morgan fingerprint density at radius 1 is 1.44 bits per heavy atom. The van der Waals surface area contributed by atoms with Crippen molar-refractivity contribution in [2.45, 2.75) is 30.2 Å². The Morgan fingerprint density at radius 3 is 3.00 bits per heavy atom. The molecule has 0 bridgehead atoms. The summed E-state index contributed by atoms with van der Waals surface area (Å²) >= 11 is 1.45. The molecule has 3 N–H and O–H groups in total. The Balaban J connectivity index is 1.64. The summed E-state index contributed by atoms with van der Waals surface area (Å²) in [5.41, 5.74) is 1.48. The number of nitrogens with zero attached hydrogens (tertiary/aromatic N) is 3. The molecule has 2 amide bonds. The topological polar surface area (TPSA) is 126 Å². The number of amides is 2. The summed E-state index contributed by atoms with van der Waals surface area (Å²) in [7, 11) is 0. The predicted octanol–water partition coefficient (Wildman–Crippen LogP) is 0.725. The summed E-state index contributed by atoms with van der Waals surface area (Å²) in [6.07, 6.45) is 1.46. The van der Waals surface area contributed by atoms with Crippen molar-refractivity contribution in [2.75, 3.05) is 5.32 Å². The molecule has 0 saturated carbocycles. The lowest BCUT2D eigenvalue weighted by Crippen LogP contribution is -2.27. The van der Waals surface area contributed by atoms with Crippen molar-refractivity contribution in [1.29, 1.82) is 0 Å². The number of aromatic nitrogens is 3. The number of carboxylic acids is 1. The highest BCUT2D eigenvalue weighted by molar-refractivity contribution is 8.00. The first kappa shape index (κ1) is 17.0.